The number of aliphatic carboxylic acids is 1. The maximum Gasteiger partial charge on any atom is 0.407 e. The van der Waals surface area contributed by atoms with Crippen molar-refractivity contribution in [2.75, 3.05) is 13.1 Å². The minimum absolute atomic E-state index is 0.0453. The summed E-state index contributed by atoms with van der Waals surface area (Å²) in [5, 5.41) is 29.2. The van der Waals surface area contributed by atoms with Crippen LogP contribution in [0.5, 0.6) is 0 Å². The van der Waals surface area contributed by atoms with Crippen molar-refractivity contribution in [1.29, 1.82) is 5.41 Å². The number of urea groups is 1. The van der Waals surface area contributed by atoms with E-state index in [4.69, 9.17) is 21.6 Å². The topological polar surface area (TPSA) is 251 Å². The molecule has 42 heavy (non-hydrogen) atoms. The molecule has 4 atom stereocenters. The van der Waals surface area contributed by atoms with Crippen molar-refractivity contribution in [3.05, 3.63) is 35.9 Å². The van der Waals surface area contributed by atoms with E-state index in [0.29, 0.717) is 25.7 Å². The van der Waals surface area contributed by atoms with Gasteiger partial charge in [-0.25, -0.2) is 14.4 Å². The van der Waals surface area contributed by atoms with Gasteiger partial charge in [0, 0.05) is 13.1 Å². The number of carboxylic acid groups (broad SMARTS) is 1. The minimum atomic E-state index is -1.27. The van der Waals surface area contributed by atoms with Gasteiger partial charge in [-0.2, -0.15) is 0 Å². The molecule has 0 aromatic heterocycles. The third kappa shape index (κ3) is 14.7. The Morgan fingerprint density at radius 2 is 1.52 bits per heavy atom. The van der Waals surface area contributed by atoms with Crippen LogP contribution in [0.25, 0.3) is 0 Å². The summed E-state index contributed by atoms with van der Waals surface area (Å²) >= 11 is 0. The first-order valence-corrected chi connectivity index (χ1v) is 13.9. The highest BCUT2D eigenvalue weighted by molar-refractivity contribution is 5.92. The summed E-state index contributed by atoms with van der Waals surface area (Å²) in [6.45, 7) is 4.21. The lowest BCUT2D eigenvalue weighted by Crippen LogP contribution is -2.57. The van der Waals surface area contributed by atoms with Crippen LogP contribution in [0, 0.1) is 11.3 Å². The second-order valence-corrected chi connectivity index (χ2v) is 9.80. The van der Waals surface area contributed by atoms with E-state index < -0.39 is 48.0 Å². The van der Waals surface area contributed by atoms with E-state index in [1.807, 2.05) is 37.3 Å². The van der Waals surface area contributed by atoms with Crippen molar-refractivity contribution < 1.29 is 33.8 Å². The van der Waals surface area contributed by atoms with Gasteiger partial charge in [0.05, 0.1) is 0 Å². The fraction of sp³-hybridized carbons (Fsp3) is 0.556. The van der Waals surface area contributed by atoms with Crippen LogP contribution in [0.4, 0.5) is 9.59 Å². The highest BCUT2D eigenvalue weighted by atomic mass is 16.5. The Morgan fingerprint density at radius 3 is 2.12 bits per heavy atom. The summed E-state index contributed by atoms with van der Waals surface area (Å²) in [6.07, 6.45) is 1.28. The van der Waals surface area contributed by atoms with E-state index in [1.54, 1.807) is 6.92 Å². The number of nitrogens with two attached hydrogens (primary N) is 2. The van der Waals surface area contributed by atoms with Gasteiger partial charge in [-0.05, 0) is 43.6 Å². The lowest BCUT2D eigenvalue weighted by atomic mass is 9.98. The minimum Gasteiger partial charge on any atom is -0.480 e. The largest absolute Gasteiger partial charge is 0.480 e. The number of guanidine groups is 1. The molecule has 0 aliphatic rings. The van der Waals surface area contributed by atoms with Crippen molar-refractivity contribution in [2.24, 2.45) is 17.4 Å². The third-order valence-corrected chi connectivity index (χ3v) is 6.43. The molecule has 0 saturated carbocycles. The number of ether oxygens (including phenoxy) is 1. The molecule has 0 heterocycles. The maximum absolute atomic E-state index is 13.1. The van der Waals surface area contributed by atoms with Gasteiger partial charge in [0.2, 0.25) is 11.8 Å². The van der Waals surface area contributed by atoms with Gasteiger partial charge in [-0.1, -0.05) is 50.6 Å². The van der Waals surface area contributed by atoms with E-state index in [0.717, 1.165) is 5.56 Å². The Kier molecular flexibility index (Phi) is 16.5. The van der Waals surface area contributed by atoms with Crippen LogP contribution in [0.1, 0.15) is 57.9 Å². The van der Waals surface area contributed by atoms with Crippen molar-refractivity contribution in [3.63, 3.8) is 0 Å². The molecule has 0 radical (unpaired) electrons. The molecule has 15 nitrogen and oxygen atoms in total. The number of hydrogen-bond acceptors (Lipinski definition) is 7. The Hall–Kier alpha value is -4.56. The number of carbonyl (C=O) groups excluding carboxylic acids is 4. The molecule has 0 aliphatic heterocycles. The number of alkyl carbamates (subject to hydrolysis) is 1. The Morgan fingerprint density at radius 1 is 0.905 bits per heavy atom. The Balaban J connectivity index is 2.72. The number of unbranched alkanes of at least 4 members (excludes halogenated alkanes) is 1. The Bertz CT molecular complexity index is 1040. The average molecular weight is 593 g/mol. The van der Waals surface area contributed by atoms with Crippen molar-refractivity contribution >= 4 is 35.9 Å². The average Bonchev–Trinajstić information content (AvgIpc) is 2.95. The maximum atomic E-state index is 13.1. The number of nitrogens with one attached hydrogen (secondary N) is 6. The van der Waals surface area contributed by atoms with Crippen LogP contribution in [0.15, 0.2) is 30.3 Å². The lowest BCUT2D eigenvalue weighted by molar-refractivity contribution is -0.139. The SMILES string of the molecule is CC[C@@H](C)[C@H](NC(=O)[C@@H](CCCCNC(=O)OCc1ccccc1)NC(=O)N[C@@H](CCCNC(=N)N)C(=O)O)C(N)=O. The van der Waals surface area contributed by atoms with Crippen LogP contribution < -0.4 is 38.1 Å². The normalized spacial score (nSPS) is 13.4. The summed E-state index contributed by atoms with van der Waals surface area (Å²) in [7, 11) is 0. The van der Waals surface area contributed by atoms with Crippen LogP contribution in [-0.2, 0) is 25.7 Å². The van der Waals surface area contributed by atoms with E-state index >= 15 is 0 Å². The first kappa shape index (κ1) is 35.5. The molecule has 11 N–H and O–H groups in total. The summed E-state index contributed by atoms with van der Waals surface area (Å²) in [4.78, 5) is 61.3. The zero-order valence-corrected chi connectivity index (χ0v) is 24.1. The van der Waals surface area contributed by atoms with Crippen molar-refractivity contribution in [2.45, 2.75) is 77.1 Å². The first-order valence-electron chi connectivity index (χ1n) is 13.9. The Labute approximate surface area is 245 Å². The van der Waals surface area contributed by atoms with Gasteiger partial charge >= 0.3 is 18.1 Å². The second-order valence-electron chi connectivity index (χ2n) is 9.80. The molecule has 0 unspecified atom stereocenters. The van der Waals surface area contributed by atoms with Crippen LogP contribution >= 0.6 is 0 Å². The van der Waals surface area contributed by atoms with Gasteiger partial charge in [0.1, 0.15) is 24.7 Å². The second kappa shape index (κ2) is 19.5. The molecule has 0 saturated heterocycles. The zero-order chi connectivity index (χ0) is 31.5. The summed E-state index contributed by atoms with van der Waals surface area (Å²) in [5.41, 5.74) is 11.5. The number of rotatable bonds is 19. The third-order valence-electron chi connectivity index (χ3n) is 6.43. The number of primary amides is 1. The monoisotopic (exact) mass is 592 g/mol. The highest BCUT2D eigenvalue weighted by Crippen LogP contribution is 2.09. The molecule has 0 spiro atoms. The van der Waals surface area contributed by atoms with Crippen LogP contribution in [-0.4, -0.2) is 72.2 Å². The number of carbonyl (C=O) groups is 5. The standard InChI is InChI=1S/C27H44N8O7/c1-3-17(2)21(22(28)36)35-23(37)19(33-26(40)34-20(24(38)39)13-9-15-31-25(29)30)12-7-8-14-32-27(41)42-16-18-10-5-4-6-11-18/h4-6,10-11,17,19-21H,3,7-9,12-16H2,1-2H3,(H2,28,36)(H,32,41)(H,35,37)(H,38,39)(H4,29,30,31)(H2,33,34,40)/t17-,19-,20+,21+/m1/s1. The van der Waals surface area contributed by atoms with E-state index in [1.165, 1.54) is 0 Å². The lowest BCUT2D eigenvalue weighted by Gasteiger charge is -2.25. The molecular formula is C27H44N8O7. The van der Waals surface area contributed by atoms with Gasteiger partial charge < -0.3 is 47.9 Å². The molecule has 1 aromatic rings. The summed E-state index contributed by atoms with van der Waals surface area (Å²) < 4.78 is 5.16. The molecule has 0 bridgehead atoms. The molecule has 5 amide bonds. The van der Waals surface area contributed by atoms with Crippen molar-refractivity contribution in [1.82, 2.24) is 26.6 Å². The zero-order valence-electron chi connectivity index (χ0n) is 24.1. The highest BCUT2D eigenvalue weighted by Gasteiger charge is 2.29. The van der Waals surface area contributed by atoms with E-state index in [2.05, 4.69) is 26.6 Å². The number of hydrogen-bond donors (Lipinski definition) is 9. The van der Waals surface area contributed by atoms with E-state index in [-0.39, 0.29) is 44.4 Å². The smallest absolute Gasteiger partial charge is 0.407 e. The first-order chi connectivity index (χ1) is 19.9. The quantitative estimate of drug-likeness (QED) is 0.0614. The van der Waals surface area contributed by atoms with Gasteiger partial charge in [0.15, 0.2) is 5.96 Å². The molecule has 1 aromatic carbocycles. The van der Waals surface area contributed by atoms with Crippen molar-refractivity contribution in [3.8, 4) is 0 Å². The summed E-state index contributed by atoms with van der Waals surface area (Å²) in [6, 6.07) is 4.97. The molecular weight excluding hydrogens is 548 g/mol. The van der Waals surface area contributed by atoms with Gasteiger partial charge in [-0.15, -0.1) is 0 Å². The van der Waals surface area contributed by atoms with Crippen LogP contribution in [0.2, 0.25) is 0 Å². The number of carboxylic acids is 1. The number of amides is 5. The molecule has 0 fully saturated rings. The predicted molar refractivity (Wildman–Crippen MR) is 155 cm³/mol. The molecule has 0 aliphatic carbocycles. The number of benzene rings is 1. The van der Waals surface area contributed by atoms with Crippen LogP contribution in [0.3, 0.4) is 0 Å². The van der Waals surface area contributed by atoms with Gasteiger partial charge in [-0.3, -0.25) is 15.0 Å². The fourth-order valence-electron chi connectivity index (χ4n) is 3.84. The molecule has 15 heteroatoms. The molecule has 234 valence electrons. The fourth-order valence-corrected chi connectivity index (χ4v) is 3.84. The predicted octanol–water partition coefficient (Wildman–Crippen LogP) is 0.484. The summed E-state index contributed by atoms with van der Waals surface area (Å²) in [5.74, 6) is -3.16. The van der Waals surface area contributed by atoms with Gasteiger partial charge in [0.25, 0.3) is 0 Å². The van der Waals surface area contributed by atoms with E-state index in [9.17, 15) is 29.1 Å². The molecule has 1 rings (SSSR count).